The second-order valence-electron chi connectivity index (χ2n) is 5.93. The molecule has 0 N–H and O–H groups in total. The van der Waals surface area contributed by atoms with Gasteiger partial charge >= 0.3 is 0 Å². The van der Waals surface area contributed by atoms with Crippen LogP contribution in [0.25, 0.3) is 0 Å². The van der Waals surface area contributed by atoms with Crippen molar-refractivity contribution in [2.75, 3.05) is 7.05 Å². The van der Waals surface area contributed by atoms with E-state index in [1.54, 1.807) is 0 Å². The van der Waals surface area contributed by atoms with Crippen LogP contribution in [0, 0.1) is 0 Å². The van der Waals surface area contributed by atoms with E-state index in [9.17, 15) is 0 Å². The standard InChI is InChI=1S/C19H23N.ClH/c1-20-18(14-16-8-4-2-5-9-16)12-13-19(20)15-17-10-6-3-7-11-17;/h2-11,18-19H,12-15H2,1H3;1H/t18-,19+;. The zero-order valence-electron chi connectivity index (χ0n) is 12.6. The van der Waals surface area contributed by atoms with Gasteiger partial charge in [-0.2, -0.15) is 0 Å². The summed E-state index contributed by atoms with van der Waals surface area (Å²) in [6, 6.07) is 23.2. The summed E-state index contributed by atoms with van der Waals surface area (Å²) in [5.41, 5.74) is 2.93. The predicted molar refractivity (Wildman–Crippen MR) is 92.1 cm³/mol. The summed E-state index contributed by atoms with van der Waals surface area (Å²) < 4.78 is 0. The van der Waals surface area contributed by atoms with Crippen LogP contribution in [-0.2, 0) is 12.8 Å². The van der Waals surface area contributed by atoms with Crippen molar-refractivity contribution in [2.24, 2.45) is 0 Å². The quantitative estimate of drug-likeness (QED) is 0.811. The average Bonchev–Trinajstić information content (AvgIpc) is 2.83. The maximum absolute atomic E-state index is 2.60. The van der Waals surface area contributed by atoms with E-state index in [1.165, 1.54) is 36.8 Å². The van der Waals surface area contributed by atoms with E-state index in [0.717, 1.165) is 0 Å². The predicted octanol–water partition coefficient (Wildman–Crippen LogP) is 4.36. The third-order valence-corrected chi connectivity index (χ3v) is 4.61. The van der Waals surface area contributed by atoms with Crippen molar-refractivity contribution in [1.29, 1.82) is 0 Å². The van der Waals surface area contributed by atoms with E-state index in [1.807, 2.05) is 0 Å². The van der Waals surface area contributed by atoms with Crippen molar-refractivity contribution in [2.45, 2.75) is 37.8 Å². The molecule has 2 atom stereocenters. The zero-order valence-corrected chi connectivity index (χ0v) is 13.4. The van der Waals surface area contributed by atoms with E-state index < -0.39 is 0 Å². The van der Waals surface area contributed by atoms with Gasteiger partial charge in [0.05, 0.1) is 0 Å². The number of benzene rings is 2. The van der Waals surface area contributed by atoms with Gasteiger partial charge in [-0.15, -0.1) is 12.4 Å². The fraction of sp³-hybridized carbons (Fsp3) is 0.368. The number of likely N-dealkylation sites (tertiary alicyclic amines) is 1. The van der Waals surface area contributed by atoms with Crippen LogP contribution >= 0.6 is 12.4 Å². The molecule has 1 heterocycles. The van der Waals surface area contributed by atoms with Crippen molar-refractivity contribution < 1.29 is 0 Å². The minimum Gasteiger partial charge on any atom is -0.300 e. The van der Waals surface area contributed by atoms with E-state index in [0.29, 0.717) is 12.1 Å². The highest BCUT2D eigenvalue weighted by Gasteiger charge is 2.30. The van der Waals surface area contributed by atoms with Gasteiger partial charge in [0.25, 0.3) is 0 Å². The molecule has 0 aliphatic carbocycles. The molecule has 2 aromatic rings. The fourth-order valence-electron chi connectivity index (χ4n) is 3.35. The Hall–Kier alpha value is -1.31. The minimum atomic E-state index is 0. The Kier molecular flexibility index (Phi) is 5.84. The van der Waals surface area contributed by atoms with Gasteiger partial charge in [0.2, 0.25) is 0 Å². The van der Waals surface area contributed by atoms with Gasteiger partial charge in [0.1, 0.15) is 0 Å². The maximum atomic E-state index is 2.60. The highest BCUT2D eigenvalue weighted by atomic mass is 35.5. The number of rotatable bonds is 4. The van der Waals surface area contributed by atoms with Crippen LogP contribution < -0.4 is 0 Å². The third-order valence-electron chi connectivity index (χ3n) is 4.61. The molecular weight excluding hydrogens is 278 g/mol. The van der Waals surface area contributed by atoms with Gasteiger partial charge in [-0.3, -0.25) is 4.90 Å². The highest BCUT2D eigenvalue weighted by Crippen LogP contribution is 2.27. The molecule has 0 saturated carbocycles. The third kappa shape index (κ3) is 4.09. The first kappa shape index (κ1) is 16.1. The lowest BCUT2D eigenvalue weighted by Gasteiger charge is -2.26. The minimum absolute atomic E-state index is 0. The molecular formula is C19H24ClN. The van der Waals surface area contributed by atoms with E-state index in [-0.39, 0.29) is 12.4 Å². The molecule has 2 aromatic carbocycles. The van der Waals surface area contributed by atoms with Gasteiger partial charge < -0.3 is 0 Å². The van der Waals surface area contributed by atoms with Gasteiger partial charge in [0.15, 0.2) is 0 Å². The van der Waals surface area contributed by atoms with Crippen LogP contribution in [0.4, 0.5) is 0 Å². The molecule has 1 fully saturated rings. The van der Waals surface area contributed by atoms with Crippen molar-refractivity contribution >= 4 is 12.4 Å². The Morgan fingerprint density at radius 1 is 0.762 bits per heavy atom. The Morgan fingerprint density at radius 3 is 1.52 bits per heavy atom. The molecule has 1 aliphatic rings. The second-order valence-corrected chi connectivity index (χ2v) is 5.93. The average molecular weight is 302 g/mol. The fourth-order valence-corrected chi connectivity index (χ4v) is 3.35. The van der Waals surface area contributed by atoms with Crippen molar-refractivity contribution in [1.82, 2.24) is 4.90 Å². The van der Waals surface area contributed by atoms with Gasteiger partial charge in [0, 0.05) is 12.1 Å². The maximum Gasteiger partial charge on any atom is 0.0136 e. The number of likely N-dealkylation sites (N-methyl/N-ethyl adjacent to an activating group) is 1. The summed E-state index contributed by atoms with van der Waals surface area (Å²) in [4.78, 5) is 2.60. The molecule has 0 radical (unpaired) electrons. The summed E-state index contributed by atoms with van der Waals surface area (Å²) in [5, 5.41) is 0. The van der Waals surface area contributed by atoms with E-state index in [4.69, 9.17) is 0 Å². The van der Waals surface area contributed by atoms with Crippen LogP contribution in [0.15, 0.2) is 60.7 Å². The summed E-state index contributed by atoms with van der Waals surface area (Å²) in [6.07, 6.45) is 5.01. The summed E-state index contributed by atoms with van der Waals surface area (Å²) >= 11 is 0. The first-order chi connectivity index (χ1) is 9.83. The van der Waals surface area contributed by atoms with Crippen LogP contribution in [-0.4, -0.2) is 24.0 Å². The molecule has 1 aliphatic heterocycles. The Labute approximate surface area is 134 Å². The number of halogens is 1. The number of hydrogen-bond acceptors (Lipinski definition) is 1. The molecule has 0 aromatic heterocycles. The van der Waals surface area contributed by atoms with Gasteiger partial charge in [-0.05, 0) is 43.9 Å². The monoisotopic (exact) mass is 301 g/mol. The SMILES string of the molecule is CN1[C@@H](Cc2ccccc2)CC[C@H]1Cc1ccccc1.Cl. The van der Waals surface area contributed by atoms with Crippen molar-refractivity contribution in [3.8, 4) is 0 Å². The molecule has 1 nitrogen and oxygen atoms in total. The first-order valence-electron chi connectivity index (χ1n) is 7.63. The van der Waals surface area contributed by atoms with Crippen LogP contribution in [0.2, 0.25) is 0 Å². The lowest BCUT2D eigenvalue weighted by atomic mass is 10.0. The number of nitrogens with zero attached hydrogens (tertiary/aromatic N) is 1. The summed E-state index contributed by atoms with van der Waals surface area (Å²) in [5.74, 6) is 0. The van der Waals surface area contributed by atoms with E-state index in [2.05, 4.69) is 72.6 Å². The molecule has 0 amide bonds. The molecule has 21 heavy (non-hydrogen) atoms. The first-order valence-corrected chi connectivity index (χ1v) is 7.63. The van der Waals surface area contributed by atoms with Gasteiger partial charge in [-0.25, -0.2) is 0 Å². The Bertz CT molecular complexity index is 476. The highest BCUT2D eigenvalue weighted by molar-refractivity contribution is 5.85. The summed E-state index contributed by atoms with van der Waals surface area (Å²) in [7, 11) is 2.30. The largest absolute Gasteiger partial charge is 0.300 e. The van der Waals surface area contributed by atoms with Crippen LogP contribution in [0.1, 0.15) is 24.0 Å². The molecule has 0 spiro atoms. The van der Waals surface area contributed by atoms with E-state index >= 15 is 0 Å². The molecule has 2 heteroatoms. The lowest BCUT2D eigenvalue weighted by Crippen LogP contribution is -2.34. The Balaban J connectivity index is 0.00000161. The Morgan fingerprint density at radius 2 is 1.14 bits per heavy atom. The smallest absolute Gasteiger partial charge is 0.0136 e. The molecule has 0 unspecified atom stereocenters. The topological polar surface area (TPSA) is 3.24 Å². The van der Waals surface area contributed by atoms with Crippen LogP contribution in [0.5, 0.6) is 0 Å². The molecule has 1 saturated heterocycles. The number of hydrogen-bond donors (Lipinski definition) is 0. The second kappa shape index (κ2) is 7.63. The van der Waals surface area contributed by atoms with Gasteiger partial charge in [-0.1, -0.05) is 60.7 Å². The molecule has 3 rings (SSSR count). The summed E-state index contributed by atoms with van der Waals surface area (Å²) in [6.45, 7) is 0. The van der Waals surface area contributed by atoms with Crippen molar-refractivity contribution in [3.63, 3.8) is 0 Å². The molecule has 0 bridgehead atoms. The lowest BCUT2D eigenvalue weighted by molar-refractivity contribution is 0.238. The zero-order chi connectivity index (χ0) is 13.8. The van der Waals surface area contributed by atoms with Crippen LogP contribution in [0.3, 0.4) is 0 Å². The molecule has 112 valence electrons. The van der Waals surface area contributed by atoms with Crippen molar-refractivity contribution in [3.05, 3.63) is 71.8 Å². The normalized spacial score (nSPS) is 22.0.